The first-order chi connectivity index (χ1) is 12.1. The molecule has 0 bridgehead atoms. The minimum Gasteiger partial charge on any atom is -0.454 e. The van der Waals surface area contributed by atoms with E-state index in [1.807, 2.05) is 18.2 Å². The summed E-state index contributed by atoms with van der Waals surface area (Å²) < 4.78 is 10.6. The van der Waals surface area contributed by atoms with Gasteiger partial charge in [-0.05, 0) is 47.9 Å². The molecule has 0 unspecified atom stereocenters. The zero-order valence-electron chi connectivity index (χ0n) is 13.3. The van der Waals surface area contributed by atoms with E-state index >= 15 is 0 Å². The molecule has 0 radical (unpaired) electrons. The first-order valence-corrected chi connectivity index (χ1v) is 7.71. The molecule has 2 aromatic rings. The molecule has 0 atom stereocenters. The molecular formula is C18H16N2O5. The van der Waals surface area contributed by atoms with Crippen molar-refractivity contribution in [3.63, 3.8) is 0 Å². The number of amides is 1. The summed E-state index contributed by atoms with van der Waals surface area (Å²) in [7, 11) is 0. The van der Waals surface area contributed by atoms with E-state index in [0.717, 1.165) is 22.6 Å². The molecule has 0 saturated carbocycles. The van der Waals surface area contributed by atoms with Crippen molar-refractivity contribution < 1.29 is 19.2 Å². The normalized spacial score (nSPS) is 12.3. The molecule has 1 amide bonds. The summed E-state index contributed by atoms with van der Waals surface area (Å²) >= 11 is 0. The Kier molecular flexibility index (Phi) is 4.94. The van der Waals surface area contributed by atoms with Crippen molar-refractivity contribution >= 4 is 17.7 Å². The van der Waals surface area contributed by atoms with Gasteiger partial charge in [-0.3, -0.25) is 14.9 Å². The molecule has 0 aromatic heterocycles. The number of non-ortho nitro benzene ring substituents is 1. The second-order valence-corrected chi connectivity index (χ2v) is 5.41. The van der Waals surface area contributed by atoms with Crippen LogP contribution < -0.4 is 14.8 Å². The number of ether oxygens (including phenoxy) is 2. The Labute approximate surface area is 144 Å². The van der Waals surface area contributed by atoms with Crippen molar-refractivity contribution in [3.8, 4) is 11.5 Å². The van der Waals surface area contributed by atoms with Crippen LogP contribution in [0.25, 0.3) is 6.08 Å². The van der Waals surface area contributed by atoms with Crippen LogP contribution in [0, 0.1) is 10.1 Å². The lowest BCUT2D eigenvalue weighted by molar-refractivity contribution is -0.384. The number of hydrogen-bond donors (Lipinski definition) is 1. The average Bonchev–Trinajstić information content (AvgIpc) is 3.08. The average molecular weight is 340 g/mol. The van der Waals surface area contributed by atoms with E-state index in [-0.39, 0.29) is 18.4 Å². The predicted molar refractivity (Wildman–Crippen MR) is 91.4 cm³/mol. The number of hydrogen-bond acceptors (Lipinski definition) is 5. The summed E-state index contributed by atoms with van der Waals surface area (Å²) in [4.78, 5) is 21.9. The summed E-state index contributed by atoms with van der Waals surface area (Å²) in [6.07, 6.45) is 3.69. The third kappa shape index (κ3) is 4.35. The number of nitro benzene ring substituents is 1. The van der Waals surface area contributed by atoms with E-state index in [1.54, 1.807) is 18.2 Å². The molecule has 7 heteroatoms. The van der Waals surface area contributed by atoms with Gasteiger partial charge in [-0.15, -0.1) is 0 Å². The number of carbonyl (C=O) groups excluding carboxylic acids is 1. The molecule has 2 aromatic carbocycles. The predicted octanol–water partition coefficient (Wildman–Crippen LogP) is 2.70. The fourth-order valence-corrected chi connectivity index (χ4v) is 2.36. The fraction of sp³-hybridized carbons (Fsp3) is 0.167. The Morgan fingerprint density at radius 2 is 1.92 bits per heavy atom. The Balaban J connectivity index is 1.47. The van der Waals surface area contributed by atoms with E-state index in [2.05, 4.69) is 5.32 Å². The van der Waals surface area contributed by atoms with Crippen molar-refractivity contribution in [1.29, 1.82) is 0 Å². The summed E-state index contributed by atoms with van der Waals surface area (Å²) in [6, 6.07) is 11.7. The van der Waals surface area contributed by atoms with Gasteiger partial charge < -0.3 is 14.8 Å². The number of carbonyl (C=O) groups is 1. The molecule has 1 aliphatic heterocycles. The van der Waals surface area contributed by atoms with E-state index in [0.29, 0.717) is 13.0 Å². The largest absolute Gasteiger partial charge is 0.454 e. The Bertz CT molecular complexity index is 815. The number of nitrogens with zero attached hydrogens (tertiary/aromatic N) is 1. The van der Waals surface area contributed by atoms with Crippen molar-refractivity contribution in [2.45, 2.75) is 6.42 Å². The van der Waals surface area contributed by atoms with Crippen LogP contribution in [-0.4, -0.2) is 24.2 Å². The van der Waals surface area contributed by atoms with Gasteiger partial charge in [0, 0.05) is 24.8 Å². The lowest BCUT2D eigenvalue weighted by Gasteiger charge is -2.04. The first-order valence-electron chi connectivity index (χ1n) is 7.71. The molecule has 0 fully saturated rings. The van der Waals surface area contributed by atoms with E-state index in [1.165, 1.54) is 18.2 Å². The van der Waals surface area contributed by atoms with Gasteiger partial charge in [0.25, 0.3) is 5.69 Å². The first kappa shape index (κ1) is 16.5. The smallest absolute Gasteiger partial charge is 0.269 e. The highest BCUT2D eigenvalue weighted by Gasteiger charge is 2.12. The molecule has 1 N–H and O–H groups in total. The van der Waals surface area contributed by atoms with Crippen LogP contribution >= 0.6 is 0 Å². The molecule has 3 rings (SSSR count). The van der Waals surface area contributed by atoms with Crippen molar-refractivity contribution in [2.24, 2.45) is 0 Å². The highest BCUT2D eigenvalue weighted by Crippen LogP contribution is 2.32. The minimum atomic E-state index is -0.462. The molecule has 1 heterocycles. The number of nitrogens with one attached hydrogen (secondary N) is 1. The number of rotatable bonds is 6. The van der Waals surface area contributed by atoms with Gasteiger partial charge in [0.1, 0.15) is 0 Å². The standard InChI is InChI=1S/C18H16N2O5/c21-18(8-4-13-1-5-15(6-2-13)20(22)23)19-10-9-14-3-7-16-17(11-14)25-12-24-16/h1-8,11H,9-10,12H2,(H,19,21)/b8-4+. The number of benzene rings is 2. The maximum atomic E-state index is 11.8. The van der Waals surface area contributed by atoms with Gasteiger partial charge in [0.05, 0.1) is 4.92 Å². The Hall–Kier alpha value is -3.35. The van der Waals surface area contributed by atoms with Crippen molar-refractivity contribution in [3.05, 3.63) is 69.8 Å². The Morgan fingerprint density at radius 3 is 2.68 bits per heavy atom. The fourth-order valence-electron chi connectivity index (χ4n) is 2.36. The van der Waals surface area contributed by atoms with Gasteiger partial charge in [-0.25, -0.2) is 0 Å². The van der Waals surface area contributed by atoms with Crippen LogP contribution in [0.4, 0.5) is 5.69 Å². The minimum absolute atomic E-state index is 0.0188. The molecule has 128 valence electrons. The van der Waals surface area contributed by atoms with Crippen LogP contribution in [0.3, 0.4) is 0 Å². The molecular weight excluding hydrogens is 324 g/mol. The summed E-state index contributed by atoms with van der Waals surface area (Å²) in [5, 5.41) is 13.4. The zero-order chi connectivity index (χ0) is 17.6. The lowest BCUT2D eigenvalue weighted by atomic mass is 10.1. The van der Waals surface area contributed by atoms with Gasteiger partial charge in [-0.1, -0.05) is 6.07 Å². The number of fused-ring (bicyclic) bond motifs is 1. The summed E-state index contributed by atoms with van der Waals surface area (Å²) in [5.41, 5.74) is 1.78. The summed E-state index contributed by atoms with van der Waals surface area (Å²) in [5.74, 6) is 1.24. The highest BCUT2D eigenvalue weighted by molar-refractivity contribution is 5.91. The number of nitro groups is 1. The van der Waals surface area contributed by atoms with Crippen molar-refractivity contribution in [2.75, 3.05) is 13.3 Å². The molecule has 1 aliphatic rings. The van der Waals surface area contributed by atoms with Crippen LogP contribution in [0.2, 0.25) is 0 Å². The maximum absolute atomic E-state index is 11.8. The third-order valence-electron chi connectivity index (χ3n) is 3.68. The van der Waals surface area contributed by atoms with Crippen molar-refractivity contribution in [1.82, 2.24) is 5.32 Å². The topological polar surface area (TPSA) is 90.7 Å². The van der Waals surface area contributed by atoms with E-state index in [4.69, 9.17) is 9.47 Å². The third-order valence-corrected chi connectivity index (χ3v) is 3.68. The molecule has 0 spiro atoms. The molecule has 25 heavy (non-hydrogen) atoms. The Morgan fingerprint density at radius 1 is 1.16 bits per heavy atom. The molecule has 7 nitrogen and oxygen atoms in total. The van der Waals surface area contributed by atoms with Gasteiger partial charge in [-0.2, -0.15) is 0 Å². The van der Waals surface area contributed by atoms with Gasteiger partial charge in [0.15, 0.2) is 11.5 Å². The second kappa shape index (κ2) is 7.48. The summed E-state index contributed by atoms with van der Waals surface area (Å²) in [6.45, 7) is 0.728. The zero-order valence-corrected chi connectivity index (χ0v) is 13.3. The highest BCUT2D eigenvalue weighted by atomic mass is 16.7. The van der Waals surface area contributed by atoms with Gasteiger partial charge >= 0.3 is 0 Å². The van der Waals surface area contributed by atoms with Crippen LogP contribution in [0.1, 0.15) is 11.1 Å². The van der Waals surface area contributed by atoms with E-state index in [9.17, 15) is 14.9 Å². The monoisotopic (exact) mass is 340 g/mol. The molecule has 0 aliphatic carbocycles. The van der Waals surface area contributed by atoms with E-state index < -0.39 is 4.92 Å². The lowest BCUT2D eigenvalue weighted by Crippen LogP contribution is -2.23. The maximum Gasteiger partial charge on any atom is 0.269 e. The van der Waals surface area contributed by atoms with Crippen LogP contribution in [-0.2, 0) is 11.2 Å². The van der Waals surface area contributed by atoms with Crippen LogP contribution in [0.15, 0.2) is 48.5 Å². The molecule has 0 saturated heterocycles. The SMILES string of the molecule is O=C(/C=C/c1ccc([N+](=O)[O-])cc1)NCCc1ccc2c(c1)OCO2. The second-order valence-electron chi connectivity index (χ2n) is 5.41. The van der Waals surface area contributed by atoms with Gasteiger partial charge in [0.2, 0.25) is 12.7 Å². The quantitative estimate of drug-likeness (QED) is 0.496. The van der Waals surface area contributed by atoms with Crippen LogP contribution in [0.5, 0.6) is 11.5 Å².